The standard InChI is InChI=1S/C18H27N3O3S/c1-23-15-8-11(9-19-17(15)24-2)13-6-5-12-14(20-13)10-21(18(12)22)16-4-3-7-25-16/h9,11-13,15-17H,3-8,10H2,1-2H3. The van der Waals surface area contributed by atoms with Crippen molar-refractivity contribution in [2.75, 3.05) is 26.5 Å². The minimum atomic E-state index is -0.215. The summed E-state index contributed by atoms with van der Waals surface area (Å²) < 4.78 is 10.9. The summed E-state index contributed by atoms with van der Waals surface area (Å²) in [4.78, 5) is 24.4. The number of amides is 1. The Morgan fingerprint density at radius 3 is 2.84 bits per heavy atom. The molecule has 6 atom stereocenters. The number of methoxy groups -OCH3 is 2. The number of carbonyl (C=O) groups excluding carboxylic acids is 1. The fourth-order valence-electron chi connectivity index (χ4n) is 4.52. The molecule has 0 aliphatic carbocycles. The summed E-state index contributed by atoms with van der Waals surface area (Å²) in [5.41, 5.74) is 1.10. The fourth-order valence-corrected chi connectivity index (χ4v) is 5.82. The molecule has 25 heavy (non-hydrogen) atoms. The van der Waals surface area contributed by atoms with Crippen LogP contribution in [0.4, 0.5) is 0 Å². The molecule has 7 heteroatoms. The van der Waals surface area contributed by atoms with Crippen molar-refractivity contribution in [3.05, 3.63) is 0 Å². The van der Waals surface area contributed by atoms with Crippen LogP contribution in [0.2, 0.25) is 0 Å². The molecule has 0 aromatic heterocycles. The molecule has 4 heterocycles. The molecule has 2 fully saturated rings. The van der Waals surface area contributed by atoms with Crippen LogP contribution in [-0.2, 0) is 14.3 Å². The van der Waals surface area contributed by atoms with Gasteiger partial charge in [-0.25, -0.2) is 0 Å². The van der Waals surface area contributed by atoms with Crippen molar-refractivity contribution < 1.29 is 14.3 Å². The van der Waals surface area contributed by atoms with Gasteiger partial charge in [0.15, 0.2) is 6.23 Å². The van der Waals surface area contributed by atoms with Gasteiger partial charge in [0.2, 0.25) is 5.91 Å². The van der Waals surface area contributed by atoms with Crippen LogP contribution < -0.4 is 0 Å². The molecule has 4 aliphatic rings. The zero-order valence-electron chi connectivity index (χ0n) is 15.0. The Bertz CT molecular complexity index is 576. The highest BCUT2D eigenvalue weighted by molar-refractivity contribution is 8.00. The topological polar surface area (TPSA) is 63.5 Å². The third-order valence-corrected chi connectivity index (χ3v) is 7.34. The molecule has 0 saturated carbocycles. The highest BCUT2D eigenvalue weighted by Gasteiger charge is 2.44. The van der Waals surface area contributed by atoms with Gasteiger partial charge in [0.1, 0.15) is 6.10 Å². The van der Waals surface area contributed by atoms with Crippen molar-refractivity contribution in [3.8, 4) is 0 Å². The maximum atomic E-state index is 12.8. The predicted octanol–water partition coefficient (Wildman–Crippen LogP) is 1.98. The van der Waals surface area contributed by atoms with Gasteiger partial charge in [0, 0.05) is 32.1 Å². The minimum Gasteiger partial charge on any atom is -0.377 e. The van der Waals surface area contributed by atoms with Crippen molar-refractivity contribution in [2.45, 2.75) is 55.9 Å². The molecule has 0 aromatic carbocycles. The van der Waals surface area contributed by atoms with Crippen molar-refractivity contribution in [2.24, 2.45) is 21.8 Å². The molecule has 0 N–H and O–H groups in total. The van der Waals surface area contributed by atoms with E-state index in [1.54, 1.807) is 14.2 Å². The van der Waals surface area contributed by atoms with Crippen molar-refractivity contribution in [1.29, 1.82) is 0 Å². The van der Waals surface area contributed by atoms with Gasteiger partial charge in [-0.05, 0) is 37.9 Å². The quantitative estimate of drug-likeness (QED) is 0.764. The lowest BCUT2D eigenvalue weighted by Gasteiger charge is -2.33. The summed E-state index contributed by atoms with van der Waals surface area (Å²) in [6.45, 7) is 0.732. The summed E-state index contributed by atoms with van der Waals surface area (Å²) in [5, 5.41) is 0.371. The number of fused-ring (bicyclic) bond motifs is 1. The van der Waals surface area contributed by atoms with E-state index in [2.05, 4.69) is 9.89 Å². The first-order valence-electron chi connectivity index (χ1n) is 9.28. The van der Waals surface area contributed by atoms with E-state index in [1.165, 1.54) is 12.2 Å². The van der Waals surface area contributed by atoms with Crippen molar-refractivity contribution in [3.63, 3.8) is 0 Å². The number of hydrogen-bond donors (Lipinski definition) is 0. The van der Waals surface area contributed by atoms with Crippen molar-refractivity contribution in [1.82, 2.24) is 4.90 Å². The molecule has 0 radical (unpaired) electrons. The zero-order chi connectivity index (χ0) is 17.4. The molecular weight excluding hydrogens is 338 g/mol. The lowest BCUT2D eigenvalue weighted by molar-refractivity contribution is -0.131. The van der Waals surface area contributed by atoms with Gasteiger partial charge < -0.3 is 14.4 Å². The van der Waals surface area contributed by atoms with Crippen LogP contribution in [0.15, 0.2) is 9.98 Å². The lowest BCUT2D eigenvalue weighted by atomic mass is 9.84. The first-order chi connectivity index (χ1) is 12.2. The maximum Gasteiger partial charge on any atom is 0.232 e. The Labute approximate surface area is 153 Å². The molecule has 2 saturated heterocycles. The van der Waals surface area contributed by atoms with Crippen LogP contribution in [0, 0.1) is 11.8 Å². The Balaban J connectivity index is 1.47. The van der Waals surface area contributed by atoms with E-state index in [-0.39, 0.29) is 30.2 Å². The van der Waals surface area contributed by atoms with E-state index in [9.17, 15) is 4.79 Å². The molecule has 0 spiro atoms. The number of aliphatic imine (C=N–C) groups is 2. The zero-order valence-corrected chi connectivity index (χ0v) is 15.8. The average Bonchev–Trinajstić information content (AvgIpc) is 3.29. The fraction of sp³-hybridized carbons (Fsp3) is 0.833. The molecule has 1 amide bonds. The molecule has 0 aromatic rings. The van der Waals surface area contributed by atoms with Crippen LogP contribution in [0.25, 0.3) is 0 Å². The van der Waals surface area contributed by atoms with Gasteiger partial charge >= 0.3 is 0 Å². The molecule has 4 rings (SSSR count). The van der Waals surface area contributed by atoms with E-state index in [0.29, 0.717) is 11.3 Å². The normalized spacial score (nSPS) is 41.1. The van der Waals surface area contributed by atoms with E-state index in [4.69, 9.17) is 14.5 Å². The number of carbonyl (C=O) groups is 1. The third-order valence-electron chi connectivity index (χ3n) is 5.94. The molecule has 6 nitrogen and oxygen atoms in total. The van der Waals surface area contributed by atoms with Gasteiger partial charge in [0.05, 0.1) is 23.9 Å². The van der Waals surface area contributed by atoms with E-state index >= 15 is 0 Å². The second kappa shape index (κ2) is 7.37. The van der Waals surface area contributed by atoms with Crippen LogP contribution in [0.5, 0.6) is 0 Å². The average molecular weight is 365 g/mol. The Hall–Kier alpha value is -0.920. The number of hydrogen-bond acceptors (Lipinski definition) is 6. The minimum absolute atomic E-state index is 0.0190. The summed E-state index contributed by atoms with van der Waals surface area (Å²) in [6, 6.07) is 0.217. The van der Waals surface area contributed by atoms with Crippen molar-refractivity contribution >= 4 is 29.6 Å². The molecule has 138 valence electrons. The number of ether oxygens (including phenoxy) is 2. The second-order valence-electron chi connectivity index (χ2n) is 7.35. The van der Waals surface area contributed by atoms with Gasteiger partial charge in [-0.15, -0.1) is 11.8 Å². The van der Waals surface area contributed by atoms with E-state index in [1.807, 2.05) is 18.0 Å². The number of rotatable bonds is 4. The van der Waals surface area contributed by atoms with Gasteiger partial charge in [-0.3, -0.25) is 14.8 Å². The summed E-state index contributed by atoms with van der Waals surface area (Å²) in [6.07, 6.45) is 6.87. The molecule has 0 bridgehead atoms. The summed E-state index contributed by atoms with van der Waals surface area (Å²) in [5.74, 6) is 1.78. The maximum absolute atomic E-state index is 12.8. The molecular formula is C18H27N3O3S. The Kier molecular flexibility index (Phi) is 5.15. The van der Waals surface area contributed by atoms with Crippen LogP contribution in [-0.4, -0.2) is 73.0 Å². The first kappa shape index (κ1) is 17.5. The SMILES string of the molecule is COC1CC(C2CCC3C(=O)N(C4CCCS4)CC3=N2)C=NC1OC. The van der Waals surface area contributed by atoms with Crippen LogP contribution in [0.1, 0.15) is 32.1 Å². The smallest absolute Gasteiger partial charge is 0.232 e. The van der Waals surface area contributed by atoms with E-state index in [0.717, 1.165) is 37.9 Å². The lowest BCUT2D eigenvalue weighted by Crippen LogP contribution is -2.40. The Morgan fingerprint density at radius 2 is 2.12 bits per heavy atom. The Morgan fingerprint density at radius 1 is 1.24 bits per heavy atom. The summed E-state index contributed by atoms with van der Waals surface area (Å²) in [7, 11) is 3.38. The second-order valence-corrected chi connectivity index (χ2v) is 8.64. The largest absolute Gasteiger partial charge is 0.377 e. The van der Waals surface area contributed by atoms with Gasteiger partial charge in [-0.1, -0.05) is 0 Å². The van der Waals surface area contributed by atoms with Crippen LogP contribution >= 0.6 is 11.8 Å². The number of thioether (sulfide) groups is 1. The van der Waals surface area contributed by atoms with Gasteiger partial charge in [0.25, 0.3) is 0 Å². The van der Waals surface area contributed by atoms with E-state index < -0.39 is 0 Å². The third kappa shape index (κ3) is 3.26. The number of likely N-dealkylation sites (tertiary alicyclic amines) is 1. The highest BCUT2D eigenvalue weighted by atomic mass is 32.2. The number of nitrogens with zero attached hydrogens (tertiary/aromatic N) is 3. The predicted molar refractivity (Wildman–Crippen MR) is 99.3 cm³/mol. The van der Waals surface area contributed by atoms with Gasteiger partial charge in [-0.2, -0.15) is 0 Å². The summed E-state index contributed by atoms with van der Waals surface area (Å²) >= 11 is 1.92. The highest BCUT2D eigenvalue weighted by Crippen LogP contribution is 2.37. The van der Waals surface area contributed by atoms with Crippen LogP contribution in [0.3, 0.4) is 0 Å². The molecule has 6 unspecified atom stereocenters. The molecule has 4 aliphatic heterocycles. The monoisotopic (exact) mass is 365 g/mol. The first-order valence-corrected chi connectivity index (χ1v) is 10.3.